The Labute approximate surface area is 193 Å². The van der Waals surface area contributed by atoms with Crippen LogP contribution in [0.1, 0.15) is 41.0 Å². The second kappa shape index (κ2) is 9.29. The highest BCUT2D eigenvalue weighted by Gasteiger charge is 2.27. The number of aromatic nitrogens is 2. The topological polar surface area (TPSA) is 101 Å². The predicted molar refractivity (Wildman–Crippen MR) is 125 cm³/mol. The van der Waals surface area contributed by atoms with E-state index < -0.39 is 21.7 Å². The molecule has 2 heterocycles. The van der Waals surface area contributed by atoms with E-state index in [9.17, 15) is 18.0 Å². The number of hydrogen-bond acceptors (Lipinski definition) is 5. The molecule has 0 atom stereocenters. The van der Waals surface area contributed by atoms with Crippen molar-refractivity contribution in [2.24, 2.45) is 0 Å². The number of amides is 1. The van der Waals surface area contributed by atoms with Crippen molar-refractivity contribution >= 4 is 27.4 Å². The number of ketones is 1. The van der Waals surface area contributed by atoms with Gasteiger partial charge >= 0.3 is 0 Å². The van der Waals surface area contributed by atoms with Crippen LogP contribution in [0.25, 0.3) is 5.69 Å². The fourth-order valence-electron chi connectivity index (χ4n) is 4.06. The van der Waals surface area contributed by atoms with Crippen LogP contribution in [0.3, 0.4) is 0 Å². The fraction of sp³-hybridized carbons (Fsp3) is 0.292. The largest absolute Gasteiger partial charge is 0.319 e. The first-order valence-corrected chi connectivity index (χ1v) is 12.3. The first-order chi connectivity index (χ1) is 15.8. The lowest BCUT2D eigenvalue weighted by Crippen LogP contribution is -2.35. The van der Waals surface area contributed by atoms with Gasteiger partial charge in [0.05, 0.1) is 27.5 Å². The Morgan fingerprint density at radius 2 is 1.55 bits per heavy atom. The van der Waals surface area contributed by atoms with Crippen molar-refractivity contribution in [1.29, 1.82) is 0 Å². The molecule has 1 aliphatic heterocycles. The number of nitrogens with one attached hydrogen (secondary N) is 1. The maximum atomic E-state index is 12.9. The van der Waals surface area contributed by atoms with Crippen LogP contribution in [-0.2, 0) is 14.8 Å². The van der Waals surface area contributed by atoms with Gasteiger partial charge in [-0.05, 0) is 63.1 Å². The fourth-order valence-corrected chi connectivity index (χ4v) is 5.57. The van der Waals surface area contributed by atoms with Gasteiger partial charge in [0, 0.05) is 18.8 Å². The van der Waals surface area contributed by atoms with E-state index >= 15 is 0 Å². The molecule has 2 aromatic carbocycles. The maximum Gasteiger partial charge on any atom is 0.296 e. The zero-order chi connectivity index (χ0) is 23.6. The summed E-state index contributed by atoms with van der Waals surface area (Å²) in [5.74, 6) is -1.50. The lowest BCUT2D eigenvalue weighted by Gasteiger charge is -2.25. The third kappa shape index (κ3) is 4.60. The molecule has 1 N–H and O–H groups in total. The smallest absolute Gasteiger partial charge is 0.296 e. The summed E-state index contributed by atoms with van der Waals surface area (Å²) in [4.78, 5) is 25.7. The van der Waals surface area contributed by atoms with E-state index in [-0.39, 0.29) is 10.5 Å². The summed E-state index contributed by atoms with van der Waals surface area (Å²) >= 11 is 0. The van der Waals surface area contributed by atoms with Crippen LogP contribution in [0.15, 0.2) is 59.5 Å². The summed E-state index contributed by atoms with van der Waals surface area (Å²) in [7, 11) is -3.56. The number of carbonyl (C=O) groups excluding carboxylic acids is 2. The molecule has 0 bridgehead atoms. The molecule has 1 aromatic heterocycles. The summed E-state index contributed by atoms with van der Waals surface area (Å²) in [6.07, 6.45) is 2.75. The van der Waals surface area contributed by atoms with Crippen molar-refractivity contribution in [1.82, 2.24) is 14.1 Å². The zero-order valence-electron chi connectivity index (χ0n) is 18.6. The molecule has 1 fully saturated rings. The highest BCUT2D eigenvalue weighted by Crippen LogP contribution is 2.23. The molecule has 33 heavy (non-hydrogen) atoms. The standard InChI is InChI=1S/C24H26N4O4S/c1-17-22(18(2)28(26-17)20-9-5-3-6-10-20)23(29)24(30)25-19-11-13-21(14-12-19)33(31,32)27-15-7-4-8-16-27/h3,5-6,9-14H,4,7-8,15-16H2,1-2H3,(H,25,30). The second-order valence-corrected chi connectivity index (χ2v) is 10.0. The number of aryl methyl sites for hydroxylation is 1. The van der Waals surface area contributed by atoms with Gasteiger partial charge in [-0.25, -0.2) is 13.1 Å². The Balaban J connectivity index is 1.50. The Morgan fingerprint density at radius 1 is 0.909 bits per heavy atom. The number of hydrogen-bond donors (Lipinski definition) is 1. The van der Waals surface area contributed by atoms with Crippen LogP contribution in [0, 0.1) is 13.8 Å². The van der Waals surface area contributed by atoms with E-state index in [1.165, 1.54) is 28.6 Å². The van der Waals surface area contributed by atoms with E-state index in [0.29, 0.717) is 30.2 Å². The van der Waals surface area contributed by atoms with Crippen molar-refractivity contribution in [3.05, 3.63) is 71.5 Å². The normalized spacial score (nSPS) is 14.7. The molecule has 0 aliphatic carbocycles. The van der Waals surface area contributed by atoms with Crippen LogP contribution < -0.4 is 5.32 Å². The summed E-state index contributed by atoms with van der Waals surface area (Å²) in [6.45, 7) is 4.47. The molecule has 172 valence electrons. The van der Waals surface area contributed by atoms with E-state index in [0.717, 1.165) is 24.9 Å². The van der Waals surface area contributed by atoms with Crippen molar-refractivity contribution in [3.8, 4) is 5.69 Å². The Kier molecular flexibility index (Phi) is 6.44. The number of sulfonamides is 1. The van der Waals surface area contributed by atoms with E-state index in [2.05, 4.69) is 10.4 Å². The maximum absolute atomic E-state index is 12.9. The van der Waals surface area contributed by atoms with E-state index in [4.69, 9.17) is 0 Å². The van der Waals surface area contributed by atoms with Gasteiger partial charge in [0.15, 0.2) is 0 Å². The zero-order valence-corrected chi connectivity index (χ0v) is 19.4. The highest BCUT2D eigenvalue weighted by atomic mass is 32.2. The Hall–Kier alpha value is -3.30. The van der Waals surface area contributed by atoms with Crippen molar-refractivity contribution in [2.75, 3.05) is 18.4 Å². The van der Waals surface area contributed by atoms with E-state index in [1.54, 1.807) is 18.5 Å². The van der Waals surface area contributed by atoms with Crippen LogP contribution in [0.4, 0.5) is 5.69 Å². The lowest BCUT2D eigenvalue weighted by atomic mass is 10.1. The van der Waals surface area contributed by atoms with E-state index in [1.807, 2.05) is 30.3 Å². The van der Waals surface area contributed by atoms with Gasteiger partial charge in [0.25, 0.3) is 11.7 Å². The van der Waals surface area contributed by atoms with Gasteiger partial charge in [-0.2, -0.15) is 9.40 Å². The van der Waals surface area contributed by atoms with Crippen molar-refractivity contribution < 1.29 is 18.0 Å². The van der Waals surface area contributed by atoms with Crippen LogP contribution in [0.2, 0.25) is 0 Å². The SMILES string of the molecule is Cc1nn(-c2ccccc2)c(C)c1C(=O)C(=O)Nc1ccc(S(=O)(=O)N2CCCCC2)cc1. The molecule has 8 nitrogen and oxygen atoms in total. The molecule has 4 rings (SSSR count). The Bertz CT molecular complexity index is 1280. The molecule has 1 amide bonds. The van der Waals surface area contributed by atoms with Crippen LogP contribution >= 0.6 is 0 Å². The summed E-state index contributed by atoms with van der Waals surface area (Å²) in [6, 6.07) is 15.3. The van der Waals surface area contributed by atoms with Gasteiger partial charge in [-0.1, -0.05) is 24.6 Å². The minimum Gasteiger partial charge on any atom is -0.319 e. The van der Waals surface area contributed by atoms with Gasteiger partial charge in [0.1, 0.15) is 0 Å². The monoisotopic (exact) mass is 466 g/mol. The molecule has 0 spiro atoms. The number of nitrogens with zero attached hydrogens (tertiary/aromatic N) is 3. The summed E-state index contributed by atoms with van der Waals surface area (Å²) < 4.78 is 28.7. The summed E-state index contributed by atoms with van der Waals surface area (Å²) in [5, 5.41) is 6.99. The number of anilines is 1. The number of para-hydroxylation sites is 1. The predicted octanol–water partition coefficient (Wildman–Crippen LogP) is 3.49. The van der Waals surface area contributed by atoms with Gasteiger partial charge in [0.2, 0.25) is 10.0 Å². The number of piperidine rings is 1. The molecular weight excluding hydrogens is 440 g/mol. The number of carbonyl (C=O) groups is 2. The molecule has 1 saturated heterocycles. The van der Waals surface area contributed by atoms with Crippen LogP contribution in [0.5, 0.6) is 0 Å². The quantitative estimate of drug-likeness (QED) is 0.443. The molecule has 0 saturated carbocycles. The molecule has 0 radical (unpaired) electrons. The molecule has 3 aromatic rings. The minimum absolute atomic E-state index is 0.171. The number of benzene rings is 2. The number of Topliss-reactive ketones (excluding diaryl/α,β-unsaturated/α-hetero) is 1. The summed E-state index contributed by atoms with van der Waals surface area (Å²) in [5.41, 5.74) is 2.42. The average Bonchev–Trinajstić information content (AvgIpc) is 3.13. The van der Waals surface area contributed by atoms with Gasteiger partial charge in [-0.3, -0.25) is 9.59 Å². The molecule has 9 heteroatoms. The molecule has 0 unspecified atom stereocenters. The molecule has 1 aliphatic rings. The van der Waals surface area contributed by atoms with Gasteiger partial charge < -0.3 is 5.32 Å². The lowest BCUT2D eigenvalue weighted by molar-refractivity contribution is -0.112. The minimum atomic E-state index is -3.56. The average molecular weight is 467 g/mol. The first kappa shape index (κ1) is 22.9. The van der Waals surface area contributed by atoms with Crippen molar-refractivity contribution in [2.45, 2.75) is 38.0 Å². The third-order valence-electron chi connectivity index (χ3n) is 5.79. The van der Waals surface area contributed by atoms with Crippen LogP contribution in [-0.4, -0.2) is 47.3 Å². The van der Waals surface area contributed by atoms with Crippen molar-refractivity contribution in [3.63, 3.8) is 0 Å². The third-order valence-corrected chi connectivity index (χ3v) is 7.70. The first-order valence-electron chi connectivity index (χ1n) is 10.9. The Morgan fingerprint density at radius 3 is 2.18 bits per heavy atom. The number of rotatable bonds is 6. The second-order valence-electron chi connectivity index (χ2n) is 8.07. The highest BCUT2D eigenvalue weighted by molar-refractivity contribution is 7.89. The van der Waals surface area contributed by atoms with Gasteiger partial charge in [-0.15, -0.1) is 0 Å². The molecular formula is C24H26N4O4S.